The summed E-state index contributed by atoms with van der Waals surface area (Å²) in [4.78, 5) is 0. The lowest BCUT2D eigenvalue weighted by Gasteiger charge is -2.24. The molecule has 0 fully saturated rings. The van der Waals surface area contributed by atoms with E-state index in [4.69, 9.17) is 4.74 Å². The molecule has 1 atom stereocenters. The van der Waals surface area contributed by atoms with Crippen molar-refractivity contribution >= 4 is 5.69 Å². The van der Waals surface area contributed by atoms with Crippen LogP contribution in [-0.4, -0.2) is 22.9 Å². The molecule has 112 valence electrons. The van der Waals surface area contributed by atoms with Crippen LogP contribution in [0, 0.1) is 0 Å². The molecule has 1 aliphatic heterocycles. The number of ether oxygens (including phenoxy) is 1. The molecule has 4 nitrogen and oxygen atoms in total. The van der Waals surface area contributed by atoms with E-state index in [0.29, 0.717) is 6.04 Å². The lowest BCUT2D eigenvalue weighted by molar-refractivity contribution is 0.415. The number of hydrogen-bond acceptors (Lipinski definition) is 3. The van der Waals surface area contributed by atoms with Crippen LogP contribution in [0.15, 0.2) is 24.4 Å². The maximum atomic E-state index is 5.49. The molecule has 0 amide bonds. The second-order valence-electron chi connectivity index (χ2n) is 5.74. The van der Waals surface area contributed by atoms with Crippen LogP contribution < -0.4 is 10.1 Å². The summed E-state index contributed by atoms with van der Waals surface area (Å²) >= 11 is 0. The molecule has 4 heteroatoms. The van der Waals surface area contributed by atoms with Crippen LogP contribution in [0.25, 0.3) is 11.3 Å². The molecular weight excluding hydrogens is 262 g/mol. The van der Waals surface area contributed by atoms with Crippen molar-refractivity contribution in [1.29, 1.82) is 0 Å². The van der Waals surface area contributed by atoms with Gasteiger partial charge in [-0.2, -0.15) is 5.10 Å². The zero-order chi connectivity index (χ0) is 14.8. The average molecular weight is 285 g/mol. The second kappa shape index (κ2) is 5.80. The van der Waals surface area contributed by atoms with Crippen molar-refractivity contribution in [2.75, 3.05) is 12.4 Å². The van der Waals surface area contributed by atoms with E-state index >= 15 is 0 Å². The molecule has 0 saturated heterocycles. The Morgan fingerprint density at radius 2 is 2.29 bits per heavy atom. The number of aryl methyl sites for hydroxylation is 2. The third-order valence-electron chi connectivity index (χ3n) is 4.09. The van der Waals surface area contributed by atoms with Gasteiger partial charge in [0.2, 0.25) is 0 Å². The first kappa shape index (κ1) is 14.0. The number of methoxy groups -OCH3 is 1. The van der Waals surface area contributed by atoms with E-state index < -0.39 is 0 Å². The SMILES string of the molecule is CCCn1ncc(OC)c1-c1ccc2c(c1)CCC(C)N2. The lowest BCUT2D eigenvalue weighted by Crippen LogP contribution is -2.21. The monoisotopic (exact) mass is 285 g/mol. The molecule has 0 saturated carbocycles. The zero-order valence-electron chi connectivity index (χ0n) is 13.0. The molecule has 1 aromatic heterocycles. The minimum atomic E-state index is 0.559. The van der Waals surface area contributed by atoms with Gasteiger partial charge in [0.1, 0.15) is 5.69 Å². The molecule has 0 bridgehead atoms. The van der Waals surface area contributed by atoms with Crippen molar-refractivity contribution in [3.63, 3.8) is 0 Å². The zero-order valence-corrected chi connectivity index (χ0v) is 13.0. The quantitative estimate of drug-likeness (QED) is 0.930. The molecule has 0 spiro atoms. The number of benzene rings is 1. The van der Waals surface area contributed by atoms with Crippen LogP contribution in [-0.2, 0) is 13.0 Å². The summed E-state index contributed by atoms with van der Waals surface area (Å²) in [6.07, 6.45) is 5.18. The Bertz CT molecular complexity index is 633. The summed E-state index contributed by atoms with van der Waals surface area (Å²) in [6, 6.07) is 7.18. The molecule has 21 heavy (non-hydrogen) atoms. The van der Waals surface area contributed by atoms with Gasteiger partial charge in [0.25, 0.3) is 0 Å². The summed E-state index contributed by atoms with van der Waals surface area (Å²) in [5, 5.41) is 8.00. The predicted molar refractivity (Wildman–Crippen MR) is 85.9 cm³/mol. The molecular formula is C17H23N3O. The molecule has 0 aliphatic carbocycles. The van der Waals surface area contributed by atoms with Crippen molar-refractivity contribution in [1.82, 2.24) is 9.78 Å². The van der Waals surface area contributed by atoms with Gasteiger partial charge in [-0.05, 0) is 43.9 Å². The minimum Gasteiger partial charge on any atom is -0.493 e. The van der Waals surface area contributed by atoms with E-state index in [2.05, 4.69) is 42.5 Å². The fourth-order valence-electron chi connectivity index (χ4n) is 2.99. The van der Waals surface area contributed by atoms with Crippen LogP contribution in [0.4, 0.5) is 5.69 Å². The van der Waals surface area contributed by atoms with E-state index in [1.807, 2.05) is 10.9 Å². The molecule has 1 aromatic carbocycles. The van der Waals surface area contributed by atoms with Gasteiger partial charge in [-0.25, -0.2) is 0 Å². The highest BCUT2D eigenvalue weighted by atomic mass is 16.5. The Morgan fingerprint density at radius 1 is 1.43 bits per heavy atom. The van der Waals surface area contributed by atoms with Gasteiger partial charge in [-0.3, -0.25) is 4.68 Å². The number of nitrogens with zero attached hydrogens (tertiary/aromatic N) is 2. The van der Waals surface area contributed by atoms with Gasteiger partial charge >= 0.3 is 0 Å². The third kappa shape index (κ3) is 2.62. The lowest BCUT2D eigenvalue weighted by atomic mass is 9.96. The van der Waals surface area contributed by atoms with Crippen LogP contribution in [0.5, 0.6) is 5.75 Å². The standard InChI is InChI=1S/C17H23N3O/c1-4-9-20-17(16(21-3)11-18-20)14-7-8-15-13(10-14)6-5-12(2)19-15/h7-8,10-12,19H,4-6,9H2,1-3H3. The molecule has 2 aromatic rings. The average Bonchev–Trinajstić information content (AvgIpc) is 2.90. The number of rotatable bonds is 4. The Hall–Kier alpha value is -1.97. The predicted octanol–water partition coefficient (Wildman–Crippen LogP) is 3.72. The largest absolute Gasteiger partial charge is 0.493 e. The van der Waals surface area contributed by atoms with E-state index in [1.54, 1.807) is 7.11 Å². The molecule has 1 unspecified atom stereocenters. The Kier molecular flexibility index (Phi) is 3.86. The van der Waals surface area contributed by atoms with Gasteiger partial charge in [-0.15, -0.1) is 0 Å². The summed E-state index contributed by atoms with van der Waals surface area (Å²) in [7, 11) is 1.71. The van der Waals surface area contributed by atoms with Crippen LogP contribution in [0.3, 0.4) is 0 Å². The van der Waals surface area contributed by atoms with E-state index in [9.17, 15) is 0 Å². The highest BCUT2D eigenvalue weighted by Gasteiger charge is 2.18. The van der Waals surface area contributed by atoms with Crippen LogP contribution >= 0.6 is 0 Å². The van der Waals surface area contributed by atoms with Gasteiger partial charge in [-0.1, -0.05) is 13.0 Å². The number of nitrogens with one attached hydrogen (secondary N) is 1. The minimum absolute atomic E-state index is 0.559. The maximum Gasteiger partial charge on any atom is 0.164 e. The topological polar surface area (TPSA) is 39.1 Å². The van der Waals surface area contributed by atoms with Crippen LogP contribution in [0.1, 0.15) is 32.3 Å². The van der Waals surface area contributed by atoms with Crippen molar-refractivity contribution in [2.24, 2.45) is 0 Å². The molecule has 3 rings (SSSR count). The number of aromatic nitrogens is 2. The van der Waals surface area contributed by atoms with Gasteiger partial charge in [0.15, 0.2) is 5.75 Å². The van der Waals surface area contributed by atoms with Gasteiger partial charge in [0.05, 0.1) is 13.3 Å². The Labute approximate surface area is 126 Å². The van der Waals surface area contributed by atoms with Gasteiger partial charge < -0.3 is 10.1 Å². The highest BCUT2D eigenvalue weighted by molar-refractivity contribution is 5.71. The second-order valence-corrected chi connectivity index (χ2v) is 5.74. The number of anilines is 1. The van der Waals surface area contributed by atoms with Crippen molar-refractivity contribution in [3.8, 4) is 17.0 Å². The first-order valence-corrected chi connectivity index (χ1v) is 7.72. The summed E-state index contributed by atoms with van der Waals surface area (Å²) < 4.78 is 7.53. The van der Waals surface area contributed by atoms with E-state index in [0.717, 1.165) is 30.8 Å². The van der Waals surface area contributed by atoms with E-state index in [-0.39, 0.29) is 0 Å². The third-order valence-corrected chi connectivity index (χ3v) is 4.09. The Morgan fingerprint density at radius 3 is 3.05 bits per heavy atom. The molecule has 2 heterocycles. The molecule has 0 radical (unpaired) electrons. The maximum absolute atomic E-state index is 5.49. The Balaban J connectivity index is 2.02. The highest BCUT2D eigenvalue weighted by Crippen LogP contribution is 2.34. The normalized spacial score (nSPS) is 17.2. The first-order chi connectivity index (χ1) is 10.2. The number of hydrogen-bond donors (Lipinski definition) is 1. The van der Waals surface area contributed by atoms with Crippen molar-refractivity contribution in [3.05, 3.63) is 30.0 Å². The van der Waals surface area contributed by atoms with E-state index in [1.165, 1.54) is 23.2 Å². The number of fused-ring (bicyclic) bond motifs is 1. The van der Waals surface area contributed by atoms with Crippen molar-refractivity contribution < 1.29 is 4.74 Å². The summed E-state index contributed by atoms with van der Waals surface area (Å²) in [5.74, 6) is 0.848. The van der Waals surface area contributed by atoms with Crippen molar-refractivity contribution in [2.45, 2.75) is 45.7 Å². The van der Waals surface area contributed by atoms with Gasteiger partial charge in [0, 0.05) is 23.8 Å². The fraction of sp³-hybridized carbons (Fsp3) is 0.471. The molecule has 1 N–H and O–H groups in total. The summed E-state index contributed by atoms with van der Waals surface area (Å²) in [5.41, 5.74) is 4.92. The fourth-order valence-corrected chi connectivity index (χ4v) is 2.99. The summed E-state index contributed by atoms with van der Waals surface area (Å²) in [6.45, 7) is 5.30. The smallest absolute Gasteiger partial charge is 0.164 e. The molecule has 1 aliphatic rings. The first-order valence-electron chi connectivity index (χ1n) is 7.72. The van der Waals surface area contributed by atoms with Crippen LogP contribution in [0.2, 0.25) is 0 Å².